The second-order valence-corrected chi connectivity index (χ2v) is 5.10. The Hall–Kier alpha value is -1.87. The Morgan fingerprint density at radius 2 is 1.85 bits per heavy atom. The minimum atomic E-state index is -0.967. The number of hydrogen-bond donors (Lipinski definition) is 2. The Morgan fingerprint density at radius 3 is 2.55 bits per heavy atom. The lowest BCUT2D eigenvalue weighted by Crippen LogP contribution is -2.22. The van der Waals surface area contributed by atoms with E-state index in [1.165, 1.54) is 0 Å². The standard InChI is InChI=1S/C17H20O3/c1-2-3-9-15(17(19)20)16(18)14-11-6-8-12-7-4-5-10-13(12)14/h4-8,10-11,15-16,18H,2-3,9H2,1H3,(H,19,20). The summed E-state index contributed by atoms with van der Waals surface area (Å²) in [5.41, 5.74) is 0.701. The van der Waals surface area contributed by atoms with Crippen LogP contribution >= 0.6 is 0 Å². The Kier molecular flexibility index (Phi) is 4.74. The maximum atomic E-state index is 11.4. The lowest BCUT2D eigenvalue weighted by Gasteiger charge is -2.20. The summed E-state index contributed by atoms with van der Waals surface area (Å²) in [6.07, 6.45) is 1.26. The number of carboxylic acids is 1. The normalized spacial score (nSPS) is 14.1. The molecule has 3 heteroatoms. The molecular weight excluding hydrogens is 252 g/mol. The summed E-state index contributed by atoms with van der Waals surface area (Å²) >= 11 is 0. The number of unbranched alkanes of at least 4 members (excludes halogenated alkanes) is 1. The van der Waals surface area contributed by atoms with Gasteiger partial charge < -0.3 is 10.2 Å². The minimum absolute atomic E-state index is 0.496. The predicted octanol–water partition coefficient (Wildman–Crippen LogP) is 3.76. The van der Waals surface area contributed by atoms with E-state index in [2.05, 4.69) is 0 Å². The molecule has 0 saturated carbocycles. The van der Waals surface area contributed by atoms with Crippen LogP contribution in [0.4, 0.5) is 0 Å². The monoisotopic (exact) mass is 272 g/mol. The zero-order valence-electron chi connectivity index (χ0n) is 11.6. The average Bonchev–Trinajstić information content (AvgIpc) is 2.46. The average molecular weight is 272 g/mol. The number of benzene rings is 2. The van der Waals surface area contributed by atoms with Crippen molar-refractivity contribution in [2.45, 2.75) is 32.3 Å². The van der Waals surface area contributed by atoms with E-state index in [0.717, 1.165) is 23.6 Å². The van der Waals surface area contributed by atoms with Crippen molar-refractivity contribution >= 4 is 16.7 Å². The van der Waals surface area contributed by atoms with Crippen LogP contribution in [0.3, 0.4) is 0 Å². The highest BCUT2D eigenvalue weighted by Crippen LogP contribution is 2.31. The molecule has 0 radical (unpaired) electrons. The summed E-state index contributed by atoms with van der Waals surface area (Å²) in [7, 11) is 0. The molecule has 0 saturated heterocycles. The lowest BCUT2D eigenvalue weighted by molar-refractivity contribution is -0.146. The van der Waals surface area contributed by atoms with E-state index in [9.17, 15) is 15.0 Å². The number of fused-ring (bicyclic) bond motifs is 1. The number of aliphatic hydroxyl groups is 1. The van der Waals surface area contributed by atoms with Crippen molar-refractivity contribution in [2.24, 2.45) is 5.92 Å². The second kappa shape index (κ2) is 6.53. The molecule has 0 amide bonds. The maximum Gasteiger partial charge on any atom is 0.309 e. The van der Waals surface area contributed by atoms with Crippen molar-refractivity contribution in [3.63, 3.8) is 0 Å². The molecule has 0 aromatic heterocycles. The van der Waals surface area contributed by atoms with E-state index in [4.69, 9.17) is 0 Å². The molecule has 0 bridgehead atoms. The third-order valence-electron chi connectivity index (χ3n) is 3.71. The number of rotatable bonds is 6. The first-order valence-electron chi connectivity index (χ1n) is 7.03. The lowest BCUT2D eigenvalue weighted by atomic mass is 9.88. The number of carboxylic acid groups (broad SMARTS) is 1. The predicted molar refractivity (Wildman–Crippen MR) is 79.6 cm³/mol. The van der Waals surface area contributed by atoms with Gasteiger partial charge in [0, 0.05) is 0 Å². The quantitative estimate of drug-likeness (QED) is 0.841. The van der Waals surface area contributed by atoms with Gasteiger partial charge in [0.2, 0.25) is 0 Å². The topological polar surface area (TPSA) is 57.5 Å². The summed E-state index contributed by atoms with van der Waals surface area (Å²) < 4.78 is 0. The van der Waals surface area contributed by atoms with Gasteiger partial charge in [-0.15, -0.1) is 0 Å². The van der Waals surface area contributed by atoms with Crippen LogP contribution in [0.15, 0.2) is 42.5 Å². The van der Waals surface area contributed by atoms with Crippen molar-refractivity contribution in [2.75, 3.05) is 0 Å². The van der Waals surface area contributed by atoms with Crippen molar-refractivity contribution in [3.05, 3.63) is 48.0 Å². The zero-order valence-corrected chi connectivity index (χ0v) is 11.6. The number of hydrogen-bond acceptors (Lipinski definition) is 2. The van der Waals surface area contributed by atoms with Gasteiger partial charge in [-0.2, -0.15) is 0 Å². The van der Waals surface area contributed by atoms with Crippen LogP contribution < -0.4 is 0 Å². The fraction of sp³-hybridized carbons (Fsp3) is 0.353. The summed E-state index contributed by atoms with van der Waals surface area (Å²) in [6.45, 7) is 2.02. The van der Waals surface area contributed by atoms with Gasteiger partial charge in [0.1, 0.15) is 0 Å². The van der Waals surface area contributed by atoms with Crippen molar-refractivity contribution < 1.29 is 15.0 Å². The minimum Gasteiger partial charge on any atom is -0.481 e. The van der Waals surface area contributed by atoms with Crippen LogP contribution in [0.5, 0.6) is 0 Å². The molecule has 2 unspecified atom stereocenters. The highest BCUT2D eigenvalue weighted by Gasteiger charge is 2.28. The molecule has 0 spiro atoms. The van der Waals surface area contributed by atoms with E-state index in [0.29, 0.717) is 12.0 Å². The van der Waals surface area contributed by atoms with Gasteiger partial charge in [0.15, 0.2) is 0 Å². The van der Waals surface area contributed by atoms with E-state index in [-0.39, 0.29) is 0 Å². The molecule has 0 heterocycles. The van der Waals surface area contributed by atoms with Gasteiger partial charge in [-0.1, -0.05) is 62.2 Å². The molecule has 0 aliphatic heterocycles. The highest BCUT2D eigenvalue weighted by molar-refractivity contribution is 5.86. The molecule has 2 rings (SSSR count). The summed E-state index contributed by atoms with van der Waals surface area (Å²) in [5.74, 6) is -1.68. The van der Waals surface area contributed by atoms with Gasteiger partial charge in [-0.05, 0) is 22.8 Å². The molecule has 0 aliphatic carbocycles. The molecule has 3 nitrogen and oxygen atoms in total. The molecule has 2 N–H and O–H groups in total. The van der Waals surface area contributed by atoms with Gasteiger partial charge in [0.25, 0.3) is 0 Å². The van der Waals surface area contributed by atoms with Crippen LogP contribution in [0.1, 0.15) is 37.9 Å². The van der Waals surface area contributed by atoms with Crippen LogP contribution in [-0.4, -0.2) is 16.2 Å². The third-order valence-corrected chi connectivity index (χ3v) is 3.71. The Labute approximate surface area is 118 Å². The fourth-order valence-corrected chi connectivity index (χ4v) is 2.57. The van der Waals surface area contributed by atoms with E-state index in [1.807, 2.05) is 49.4 Å². The Morgan fingerprint density at radius 1 is 1.15 bits per heavy atom. The zero-order chi connectivity index (χ0) is 14.5. The van der Waals surface area contributed by atoms with Crippen molar-refractivity contribution in [1.29, 1.82) is 0 Å². The van der Waals surface area contributed by atoms with Crippen LogP contribution in [0.2, 0.25) is 0 Å². The second-order valence-electron chi connectivity index (χ2n) is 5.10. The van der Waals surface area contributed by atoms with Crippen LogP contribution in [0.25, 0.3) is 10.8 Å². The fourth-order valence-electron chi connectivity index (χ4n) is 2.57. The maximum absolute atomic E-state index is 11.4. The molecule has 0 fully saturated rings. The van der Waals surface area contributed by atoms with Crippen LogP contribution in [-0.2, 0) is 4.79 Å². The first-order valence-corrected chi connectivity index (χ1v) is 7.03. The molecular formula is C17H20O3. The smallest absolute Gasteiger partial charge is 0.309 e. The number of aliphatic carboxylic acids is 1. The Bertz CT molecular complexity index is 586. The van der Waals surface area contributed by atoms with Crippen molar-refractivity contribution in [3.8, 4) is 0 Å². The largest absolute Gasteiger partial charge is 0.481 e. The Balaban J connectivity index is 2.38. The van der Waals surface area contributed by atoms with Gasteiger partial charge in [-0.25, -0.2) is 0 Å². The summed E-state index contributed by atoms with van der Waals surface area (Å²) in [6, 6.07) is 13.4. The first kappa shape index (κ1) is 14.5. The van der Waals surface area contributed by atoms with E-state index in [1.54, 1.807) is 0 Å². The molecule has 0 aliphatic rings. The van der Waals surface area contributed by atoms with Gasteiger partial charge in [-0.3, -0.25) is 4.79 Å². The summed E-state index contributed by atoms with van der Waals surface area (Å²) in [5, 5.41) is 21.8. The number of aliphatic hydroxyl groups excluding tert-OH is 1. The van der Waals surface area contributed by atoms with E-state index >= 15 is 0 Å². The van der Waals surface area contributed by atoms with Gasteiger partial charge >= 0.3 is 5.97 Å². The van der Waals surface area contributed by atoms with Gasteiger partial charge in [0.05, 0.1) is 12.0 Å². The molecule has 106 valence electrons. The first-order chi connectivity index (χ1) is 9.65. The number of carbonyl (C=O) groups is 1. The van der Waals surface area contributed by atoms with E-state index < -0.39 is 18.0 Å². The molecule has 2 aromatic carbocycles. The highest BCUT2D eigenvalue weighted by atomic mass is 16.4. The third kappa shape index (κ3) is 2.99. The van der Waals surface area contributed by atoms with Crippen LogP contribution in [0, 0.1) is 5.92 Å². The summed E-state index contributed by atoms with van der Waals surface area (Å²) in [4.78, 5) is 11.4. The molecule has 2 aromatic rings. The van der Waals surface area contributed by atoms with Crippen molar-refractivity contribution in [1.82, 2.24) is 0 Å². The SMILES string of the molecule is CCCCC(C(=O)O)C(O)c1cccc2ccccc12. The molecule has 2 atom stereocenters. The molecule has 20 heavy (non-hydrogen) atoms.